The predicted molar refractivity (Wildman–Crippen MR) is 67.2 cm³/mol. The number of hydrogen-bond donors (Lipinski definition) is 1. The van der Waals surface area contributed by atoms with Gasteiger partial charge in [-0.1, -0.05) is 41.4 Å². The molecule has 0 spiro atoms. The van der Waals surface area contributed by atoms with E-state index in [1.165, 1.54) is 6.07 Å². The number of pyridine rings is 1. The molecule has 1 aromatic carbocycles. The Bertz CT molecular complexity index is 671. The number of aromatic amines is 1. The van der Waals surface area contributed by atoms with Crippen LogP contribution in [-0.4, -0.2) is 4.98 Å². The second-order valence-electron chi connectivity index (χ2n) is 3.33. The van der Waals surface area contributed by atoms with E-state index >= 15 is 0 Å². The number of nitrogens with zero attached hydrogens (tertiary/aromatic N) is 1. The lowest BCUT2D eigenvalue weighted by atomic mass is 10.1. The van der Waals surface area contributed by atoms with E-state index in [-0.39, 0.29) is 10.6 Å². The first-order valence-corrected chi connectivity index (χ1v) is 5.47. The van der Waals surface area contributed by atoms with Crippen LogP contribution >= 0.6 is 23.2 Å². The second-order valence-corrected chi connectivity index (χ2v) is 4.14. The number of nitriles is 1. The van der Waals surface area contributed by atoms with Gasteiger partial charge in [0.1, 0.15) is 11.1 Å². The average Bonchev–Trinajstić information content (AvgIpc) is 2.33. The molecule has 1 heterocycles. The molecule has 5 heteroatoms. The van der Waals surface area contributed by atoms with Crippen molar-refractivity contribution in [3.05, 3.63) is 56.3 Å². The topological polar surface area (TPSA) is 56.6 Å². The van der Waals surface area contributed by atoms with Gasteiger partial charge in [0.05, 0.1) is 11.3 Å². The fourth-order valence-corrected chi connectivity index (χ4v) is 1.86. The van der Waals surface area contributed by atoms with Crippen molar-refractivity contribution in [3.8, 4) is 17.3 Å². The summed E-state index contributed by atoms with van der Waals surface area (Å²) in [5.74, 6) is 0. The first-order valence-electron chi connectivity index (χ1n) is 4.71. The molecule has 3 nitrogen and oxygen atoms in total. The molecule has 0 unspecified atom stereocenters. The Kier molecular flexibility index (Phi) is 3.19. The molecule has 0 atom stereocenters. The highest BCUT2D eigenvalue weighted by atomic mass is 35.5. The van der Waals surface area contributed by atoms with Crippen molar-refractivity contribution in [3.63, 3.8) is 0 Å². The fourth-order valence-electron chi connectivity index (χ4n) is 1.47. The minimum atomic E-state index is -0.444. The van der Waals surface area contributed by atoms with Gasteiger partial charge in [0, 0.05) is 10.6 Å². The third-order valence-corrected chi connectivity index (χ3v) is 2.87. The van der Waals surface area contributed by atoms with Crippen LogP contribution in [-0.2, 0) is 0 Å². The van der Waals surface area contributed by atoms with Gasteiger partial charge in [0.2, 0.25) is 0 Å². The summed E-state index contributed by atoms with van der Waals surface area (Å²) in [6.45, 7) is 0. The van der Waals surface area contributed by atoms with Crippen LogP contribution in [0.2, 0.25) is 10.0 Å². The molecule has 0 aliphatic carbocycles. The monoisotopic (exact) mass is 264 g/mol. The number of halogens is 2. The molecule has 0 aliphatic rings. The van der Waals surface area contributed by atoms with E-state index in [4.69, 9.17) is 28.5 Å². The summed E-state index contributed by atoms with van der Waals surface area (Å²) in [4.78, 5) is 14.0. The number of hydrogen-bond acceptors (Lipinski definition) is 2. The molecule has 2 aromatic rings. The summed E-state index contributed by atoms with van der Waals surface area (Å²) in [5.41, 5.74) is 0.815. The highest BCUT2D eigenvalue weighted by Gasteiger charge is 2.11. The Balaban J connectivity index is 2.77. The smallest absolute Gasteiger partial charge is 0.267 e. The number of benzene rings is 1. The minimum Gasteiger partial charge on any atom is -0.319 e. The highest BCUT2D eigenvalue weighted by molar-refractivity contribution is 6.33. The Hall–Kier alpha value is -1.76. The molecule has 0 aliphatic heterocycles. The zero-order valence-corrected chi connectivity index (χ0v) is 10.0. The van der Waals surface area contributed by atoms with Gasteiger partial charge in [-0.2, -0.15) is 5.26 Å². The van der Waals surface area contributed by atoms with Gasteiger partial charge >= 0.3 is 0 Å². The average molecular weight is 265 g/mol. The normalized spacial score (nSPS) is 9.94. The number of rotatable bonds is 1. The van der Waals surface area contributed by atoms with Crippen LogP contribution in [0.4, 0.5) is 0 Å². The molecule has 0 fully saturated rings. The van der Waals surface area contributed by atoms with Gasteiger partial charge < -0.3 is 4.98 Å². The van der Waals surface area contributed by atoms with Gasteiger partial charge in [0.25, 0.3) is 5.56 Å². The number of nitrogens with one attached hydrogen (secondary N) is 1. The van der Waals surface area contributed by atoms with Gasteiger partial charge in [-0.3, -0.25) is 4.79 Å². The molecule has 0 radical (unpaired) electrons. The Morgan fingerprint density at radius 1 is 1.18 bits per heavy atom. The van der Waals surface area contributed by atoms with Gasteiger partial charge in [-0.15, -0.1) is 0 Å². The van der Waals surface area contributed by atoms with Crippen LogP contribution in [0.15, 0.2) is 35.1 Å². The van der Waals surface area contributed by atoms with Crippen molar-refractivity contribution in [1.29, 1.82) is 5.26 Å². The van der Waals surface area contributed by atoms with Crippen molar-refractivity contribution < 1.29 is 0 Å². The summed E-state index contributed by atoms with van der Waals surface area (Å²) >= 11 is 11.7. The maximum absolute atomic E-state index is 11.5. The van der Waals surface area contributed by atoms with Crippen LogP contribution in [0.1, 0.15) is 5.56 Å². The first-order chi connectivity index (χ1) is 8.13. The van der Waals surface area contributed by atoms with Crippen LogP contribution < -0.4 is 5.56 Å². The molecule has 0 saturated carbocycles. The van der Waals surface area contributed by atoms with Crippen LogP contribution in [0.5, 0.6) is 0 Å². The summed E-state index contributed by atoms with van der Waals surface area (Å²) in [6.07, 6.45) is 0. The van der Waals surface area contributed by atoms with E-state index in [0.29, 0.717) is 16.3 Å². The summed E-state index contributed by atoms with van der Waals surface area (Å²) in [7, 11) is 0. The van der Waals surface area contributed by atoms with E-state index in [2.05, 4.69) is 4.98 Å². The van der Waals surface area contributed by atoms with Crippen molar-refractivity contribution in [1.82, 2.24) is 4.98 Å². The molecule has 1 aromatic heterocycles. The number of aromatic nitrogens is 1. The fraction of sp³-hybridized carbons (Fsp3) is 0. The molecule has 0 bridgehead atoms. The first kappa shape index (κ1) is 11.7. The zero-order valence-electron chi connectivity index (χ0n) is 8.50. The molecule has 1 N–H and O–H groups in total. The summed E-state index contributed by atoms with van der Waals surface area (Å²) in [6, 6.07) is 10.3. The molecule has 2 rings (SSSR count). The highest BCUT2D eigenvalue weighted by Crippen LogP contribution is 2.28. The molecular formula is C12H6Cl2N2O. The van der Waals surface area contributed by atoms with Crippen LogP contribution in [0, 0.1) is 11.3 Å². The van der Waals surface area contributed by atoms with E-state index in [9.17, 15) is 4.79 Å². The molecule has 0 saturated heterocycles. The Morgan fingerprint density at radius 3 is 2.53 bits per heavy atom. The van der Waals surface area contributed by atoms with Crippen molar-refractivity contribution in [2.75, 3.05) is 0 Å². The Labute approximate surface area is 107 Å². The third kappa shape index (κ3) is 2.19. The molecule has 0 amide bonds. The molecule has 17 heavy (non-hydrogen) atoms. The maximum atomic E-state index is 11.5. The standard InChI is InChI=1S/C12H6Cl2N2O/c13-9-4-2-1-3-8(9)11-7(6-15)5-10(14)12(17)16-11/h1-5H,(H,16,17). The molecular weight excluding hydrogens is 259 g/mol. The van der Waals surface area contributed by atoms with Crippen molar-refractivity contribution in [2.24, 2.45) is 0 Å². The van der Waals surface area contributed by atoms with Crippen molar-refractivity contribution in [2.45, 2.75) is 0 Å². The van der Waals surface area contributed by atoms with Gasteiger partial charge in [0.15, 0.2) is 0 Å². The lowest BCUT2D eigenvalue weighted by Crippen LogP contribution is -2.09. The van der Waals surface area contributed by atoms with Crippen molar-refractivity contribution >= 4 is 23.2 Å². The lowest BCUT2D eigenvalue weighted by molar-refractivity contribution is 1.23. The van der Waals surface area contributed by atoms with Crippen LogP contribution in [0.25, 0.3) is 11.3 Å². The largest absolute Gasteiger partial charge is 0.319 e. The number of H-pyrrole nitrogens is 1. The second kappa shape index (κ2) is 4.62. The Morgan fingerprint density at radius 2 is 1.88 bits per heavy atom. The predicted octanol–water partition coefficient (Wildman–Crippen LogP) is 3.22. The quantitative estimate of drug-likeness (QED) is 0.860. The van der Waals surface area contributed by atoms with E-state index in [0.717, 1.165) is 0 Å². The summed E-state index contributed by atoms with van der Waals surface area (Å²) < 4.78 is 0. The van der Waals surface area contributed by atoms with Gasteiger partial charge in [-0.05, 0) is 12.1 Å². The lowest BCUT2D eigenvalue weighted by Gasteiger charge is -2.06. The van der Waals surface area contributed by atoms with Gasteiger partial charge in [-0.25, -0.2) is 0 Å². The summed E-state index contributed by atoms with van der Waals surface area (Å²) in [5, 5.41) is 9.46. The van der Waals surface area contributed by atoms with E-state index in [1.54, 1.807) is 24.3 Å². The molecule has 84 valence electrons. The zero-order chi connectivity index (χ0) is 12.4. The minimum absolute atomic E-state index is 0.0163. The third-order valence-electron chi connectivity index (χ3n) is 2.26. The van der Waals surface area contributed by atoms with E-state index < -0.39 is 5.56 Å². The van der Waals surface area contributed by atoms with Crippen LogP contribution in [0.3, 0.4) is 0 Å². The maximum Gasteiger partial charge on any atom is 0.267 e. The SMILES string of the molecule is N#Cc1cc(Cl)c(=O)[nH]c1-c1ccccc1Cl. The van der Waals surface area contributed by atoms with E-state index in [1.807, 2.05) is 6.07 Å².